The van der Waals surface area contributed by atoms with E-state index in [9.17, 15) is 0 Å². The van der Waals surface area contributed by atoms with Gasteiger partial charge in [0.2, 0.25) is 5.95 Å². The van der Waals surface area contributed by atoms with Gasteiger partial charge in [0, 0.05) is 56.6 Å². The molecule has 6 nitrogen and oxygen atoms in total. The highest BCUT2D eigenvalue weighted by Crippen LogP contribution is 2.35. The molecule has 0 bridgehead atoms. The molecule has 3 fully saturated rings. The smallest absolute Gasteiger partial charge is 0.225 e. The van der Waals surface area contributed by atoms with Gasteiger partial charge >= 0.3 is 0 Å². The lowest BCUT2D eigenvalue weighted by Gasteiger charge is -2.34. The third kappa shape index (κ3) is 2.83. The highest BCUT2D eigenvalue weighted by atomic mass is 16.5. The second-order valence-corrected chi connectivity index (χ2v) is 6.76. The van der Waals surface area contributed by atoms with E-state index in [0.717, 1.165) is 71.4 Å². The van der Waals surface area contributed by atoms with E-state index in [0.29, 0.717) is 6.04 Å². The molecule has 0 amide bonds. The molecule has 6 heteroatoms. The molecule has 3 saturated heterocycles. The lowest BCUT2D eigenvalue weighted by atomic mass is 9.87. The maximum atomic E-state index is 5.96. The van der Waals surface area contributed by atoms with Gasteiger partial charge < -0.3 is 14.4 Å². The predicted octanol–water partition coefficient (Wildman–Crippen LogP) is 0.794. The number of hydrogen-bond donors (Lipinski definition) is 0. The number of nitrogens with zero attached hydrogens (tertiary/aromatic N) is 4. The van der Waals surface area contributed by atoms with Gasteiger partial charge in [-0.1, -0.05) is 0 Å². The van der Waals surface area contributed by atoms with Crippen LogP contribution in [0, 0.1) is 5.41 Å². The van der Waals surface area contributed by atoms with Crippen LogP contribution in [-0.2, 0) is 9.47 Å². The van der Waals surface area contributed by atoms with E-state index in [-0.39, 0.29) is 5.41 Å². The molecule has 0 saturated carbocycles. The Hall–Kier alpha value is -1.24. The van der Waals surface area contributed by atoms with E-state index in [4.69, 9.17) is 9.47 Å². The van der Waals surface area contributed by atoms with Crippen molar-refractivity contribution in [3.05, 3.63) is 18.5 Å². The van der Waals surface area contributed by atoms with Crippen molar-refractivity contribution in [2.75, 3.05) is 57.5 Å². The Bertz CT molecular complexity index is 494. The van der Waals surface area contributed by atoms with Gasteiger partial charge in [-0.3, -0.25) is 4.90 Å². The largest absolute Gasteiger partial charge is 0.380 e. The van der Waals surface area contributed by atoms with E-state index >= 15 is 0 Å². The summed E-state index contributed by atoms with van der Waals surface area (Å²) in [7, 11) is 0. The average Bonchev–Trinajstić information content (AvgIpc) is 3.17. The number of anilines is 1. The van der Waals surface area contributed by atoms with Gasteiger partial charge in [-0.15, -0.1) is 0 Å². The zero-order valence-electron chi connectivity index (χ0n) is 13.0. The van der Waals surface area contributed by atoms with Crippen LogP contribution in [-0.4, -0.2) is 73.5 Å². The van der Waals surface area contributed by atoms with Crippen molar-refractivity contribution in [3.63, 3.8) is 0 Å². The normalized spacial score (nSPS) is 33.5. The summed E-state index contributed by atoms with van der Waals surface area (Å²) in [6.45, 7) is 7.59. The van der Waals surface area contributed by atoms with Crippen molar-refractivity contribution >= 4 is 5.95 Å². The summed E-state index contributed by atoms with van der Waals surface area (Å²) in [6.07, 6.45) is 5.94. The van der Waals surface area contributed by atoms with Gasteiger partial charge in [0.25, 0.3) is 0 Å². The fourth-order valence-corrected chi connectivity index (χ4v) is 3.95. The van der Waals surface area contributed by atoms with Crippen LogP contribution in [0.1, 0.15) is 12.8 Å². The molecule has 0 N–H and O–H groups in total. The molecule has 4 heterocycles. The lowest BCUT2D eigenvalue weighted by Crippen LogP contribution is -2.45. The number of ether oxygens (including phenoxy) is 2. The van der Waals surface area contributed by atoms with Gasteiger partial charge in [-0.25, -0.2) is 9.97 Å². The summed E-state index contributed by atoms with van der Waals surface area (Å²) in [4.78, 5) is 13.7. The second-order valence-electron chi connectivity index (χ2n) is 6.76. The van der Waals surface area contributed by atoms with Crippen molar-refractivity contribution in [1.29, 1.82) is 0 Å². The fourth-order valence-electron chi connectivity index (χ4n) is 3.95. The third-order valence-corrected chi connectivity index (χ3v) is 5.16. The van der Waals surface area contributed by atoms with Crippen LogP contribution in [0.25, 0.3) is 0 Å². The Kier molecular flexibility index (Phi) is 3.98. The summed E-state index contributed by atoms with van der Waals surface area (Å²) in [5.41, 5.74) is 0.207. The summed E-state index contributed by atoms with van der Waals surface area (Å²) >= 11 is 0. The number of rotatable bonds is 2. The SMILES string of the molecule is c1cnc(N2CC[C@@]3(COCCN([C@H]4CCOC4)C3)C2)nc1. The molecule has 3 aliphatic rings. The highest BCUT2D eigenvalue weighted by Gasteiger charge is 2.43. The number of aromatic nitrogens is 2. The Labute approximate surface area is 131 Å². The van der Waals surface area contributed by atoms with Crippen LogP contribution in [0.15, 0.2) is 18.5 Å². The maximum Gasteiger partial charge on any atom is 0.225 e. The quantitative estimate of drug-likeness (QED) is 0.805. The van der Waals surface area contributed by atoms with Gasteiger partial charge in [0.1, 0.15) is 0 Å². The Morgan fingerprint density at radius 1 is 1.09 bits per heavy atom. The van der Waals surface area contributed by atoms with E-state index in [1.54, 1.807) is 0 Å². The van der Waals surface area contributed by atoms with Crippen LogP contribution < -0.4 is 4.90 Å². The second kappa shape index (κ2) is 6.10. The first-order valence-electron chi connectivity index (χ1n) is 8.26. The van der Waals surface area contributed by atoms with Crippen LogP contribution in [0.3, 0.4) is 0 Å². The predicted molar refractivity (Wildman–Crippen MR) is 82.9 cm³/mol. The first-order valence-corrected chi connectivity index (χ1v) is 8.26. The molecule has 22 heavy (non-hydrogen) atoms. The van der Waals surface area contributed by atoms with E-state index in [1.165, 1.54) is 0 Å². The van der Waals surface area contributed by atoms with Gasteiger partial charge in [-0.05, 0) is 18.9 Å². The van der Waals surface area contributed by atoms with Crippen LogP contribution in [0.2, 0.25) is 0 Å². The van der Waals surface area contributed by atoms with Gasteiger partial charge in [0.15, 0.2) is 0 Å². The Balaban J connectivity index is 1.48. The van der Waals surface area contributed by atoms with Crippen LogP contribution >= 0.6 is 0 Å². The Morgan fingerprint density at radius 2 is 2.00 bits per heavy atom. The van der Waals surface area contributed by atoms with Crippen molar-refractivity contribution in [2.45, 2.75) is 18.9 Å². The summed E-state index contributed by atoms with van der Waals surface area (Å²) < 4.78 is 11.5. The lowest BCUT2D eigenvalue weighted by molar-refractivity contribution is 0.0781. The van der Waals surface area contributed by atoms with Crippen molar-refractivity contribution in [3.8, 4) is 0 Å². The number of hydrogen-bond acceptors (Lipinski definition) is 6. The molecule has 0 aromatic carbocycles. The molecule has 1 aromatic heterocycles. The molecule has 0 aliphatic carbocycles. The van der Waals surface area contributed by atoms with Crippen molar-refractivity contribution in [1.82, 2.24) is 14.9 Å². The van der Waals surface area contributed by atoms with E-state index < -0.39 is 0 Å². The summed E-state index contributed by atoms with van der Waals surface area (Å²) in [5, 5.41) is 0. The topological polar surface area (TPSA) is 50.7 Å². The van der Waals surface area contributed by atoms with Gasteiger partial charge in [-0.2, -0.15) is 0 Å². The summed E-state index contributed by atoms with van der Waals surface area (Å²) in [5.74, 6) is 0.847. The third-order valence-electron chi connectivity index (χ3n) is 5.16. The molecule has 3 aliphatic heterocycles. The molecule has 1 aromatic rings. The fraction of sp³-hybridized carbons (Fsp3) is 0.750. The molecule has 4 rings (SSSR count). The van der Waals surface area contributed by atoms with Crippen molar-refractivity contribution in [2.24, 2.45) is 5.41 Å². The molecular weight excluding hydrogens is 280 g/mol. The molecule has 0 radical (unpaired) electrons. The molecular formula is C16H24N4O2. The standard InChI is InChI=1S/C16H24N4O2/c1-4-17-15(18-5-1)20-6-3-16(12-20)11-19(7-9-22-13-16)14-2-8-21-10-14/h1,4-5,14H,2-3,6-13H2/t14-,16-/m0/s1. The van der Waals surface area contributed by atoms with E-state index in [2.05, 4.69) is 19.8 Å². The first kappa shape index (κ1) is 14.4. The highest BCUT2D eigenvalue weighted by molar-refractivity contribution is 5.32. The zero-order chi connectivity index (χ0) is 14.8. The first-order chi connectivity index (χ1) is 10.8. The molecule has 2 atom stereocenters. The van der Waals surface area contributed by atoms with Crippen molar-refractivity contribution < 1.29 is 9.47 Å². The zero-order valence-corrected chi connectivity index (χ0v) is 13.0. The Morgan fingerprint density at radius 3 is 2.82 bits per heavy atom. The summed E-state index contributed by atoms with van der Waals surface area (Å²) in [6, 6.07) is 2.44. The minimum absolute atomic E-state index is 0.207. The minimum atomic E-state index is 0.207. The monoisotopic (exact) mass is 304 g/mol. The maximum absolute atomic E-state index is 5.96. The van der Waals surface area contributed by atoms with Crippen LogP contribution in [0.4, 0.5) is 5.95 Å². The van der Waals surface area contributed by atoms with Gasteiger partial charge in [0.05, 0.1) is 19.8 Å². The van der Waals surface area contributed by atoms with E-state index in [1.807, 2.05) is 18.5 Å². The minimum Gasteiger partial charge on any atom is -0.380 e. The average molecular weight is 304 g/mol. The van der Waals surface area contributed by atoms with Crippen LogP contribution in [0.5, 0.6) is 0 Å². The molecule has 120 valence electrons. The molecule has 0 unspecified atom stereocenters. The molecule has 1 spiro atoms.